The lowest BCUT2D eigenvalue weighted by molar-refractivity contribution is -0.243. The fourth-order valence-corrected chi connectivity index (χ4v) is 2.28. The number of aliphatic hydroxyl groups excluding tert-OH is 2. The highest BCUT2D eigenvalue weighted by Crippen LogP contribution is 2.37. The van der Waals surface area contributed by atoms with E-state index in [-0.39, 0.29) is 0 Å². The maximum absolute atomic E-state index is 10.4. The summed E-state index contributed by atoms with van der Waals surface area (Å²) in [5.41, 5.74) is 0. The van der Waals surface area contributed by atoms with Crippen molar-refractivity contribution >= 4 is 19.6 Å². The van der Waals surface area contributed by atoms with Gasteiger partial charge in [0.25, 0.3) is 7.82 Å². The van der Waals surface area contributed by atoms with Gasteiger partial charge in [-0.25, -0.2) is 0 Å². The van der Waals surface area contributed by atoms with Gasteiger partial charge in [-0.15, -0.1) is 0 Å². The van der Waals surface area contributed by atoms with Crippen molar-refractivity contribution in [3.63, 3.8) is 0 Å². The van der Waals surface area contributed by atoms with Crippen molar-refractivity contribution < 1.29 is 33.8 Å². The van der Waals surface area contributed by atoms with Gasteiger partial charge < -0.3 is 24.7 Å². The van der Waals surface area contributed by atoms with E-state index in [1.54, 1.807) is 6.26 Å². The standard InChI is InChI=1S/C6H13O7PS/c1-15-2-3-4(7)5(8)6(12-3)13-14(9,10)11/h3-8H,2H2,1H3,(H2,9,10,11)/p-1/t3-,4?,5+,6?/m1/s1. The van der Waals surface area contributed by atoms with E-state index in [0.29, 0.717) is 5.75 Å². The van der Waals surface area contributed by atoms with Crippen molar-refractivity contribution in [1.29, 1.82) is 0 Å². The molecule has 0 aromatic rings. The Kier molecular flexibility index (Phi) is 4.57. The van der Waals surface area contributed by atoms with E-state index in [1.807, 2.05) is 0 Å². The predicted octanol–water partition coefficient (Wildman–Crippen LogP) is -1.73. The van der Waals surface area contributed by atoms with Gasteiger partial charge in [0.2, 0.25) is 0 Å². The lowest BCUT2D eigenvalue weighted by Crippen LogP contribution is -2.34. The van der Waals surface area contributed by atoms with Crippen molar-refractivity contribution in [3.05, 3.63) is 0 Å². The molecule has 1 rings (SSSR count). The number of rotatable bonds is 4. The molecule has 1 fully saturated rings. The fraction of sp³-hybridized carbons (Fsp3) is 1.00. The first-order valence-electron chi connectivity index (χ1n) is 4.08. The Labute approximate surface area is 90.6 Å². The van der Waals surface area contributed by atoms with Crippen molar-refractivity contribution in [2.75, 3.05) is 12.0 Å². The molecule has 0 aromatic heterocycles. The zero-order valence-corrected chi connectivity index (χ0v) is 9.56. The minimum atomic E-state index is -4.98. The molecule has 0 aromatic carbocycles. The van der Waals surface area contributed by atoms with E-state index in [0.717, 1.165) is 0 Å². The molecule has 1 saturated heterocycles. The molecule has 0 amide bonds. The van der Waals surface area contributed by atoms with E-state index in [2.05, 4.69) is 4.52 Å². The molecule has 1 aliphatic rings. The molecule has 1 aliphatic heterocycles. The van der Waals surface area contributed by atoms with Crippen LogP contribution in [0.25, 0.3) is 0 Å². The maximum Gasteiger partial charge on any atom is 0.267 e. The zero-order valence-electron chi connectivity index (χ0n) is 7.85. The van der Waals surface area contributed by atoms with Crippen LogP contribution in [0.15, 0.2) is 0 Å². The van der Waals surface area contributed by atoms with Crippen molar-refractivity contribution in [2.45, 2.75) is 24.6 Å². The van der Waals surface area contributed by atoms with E-state index >= 15 is 0 Å². The van der Waals surface area contributed by atoms with Crippen molar-refractivity contribution in [2.24, 2.45) is 0 Å². The van der Waals surface area contributed by atoms with E-state index in [4.69, 9.17) is 9.63 Å². The molecule has 15 heavy (non-hydrogen) atoms. The number of hydrogen-bond acceptors (Lipinski definition) is 7. The first-order valence-corrected chi connectivity index (χ1v) is 6.97. The van der Waals surface area contributed by atoms with Gasteiger partial charge in [0.1, 0.15) is 12.2 Å². The van der Waals surface area contributed by atoms with Crippen LogP contribution in [-0.2, 0) is 13.8 Å². The van der Waals surface area contributed by atoms with Gasteiger partial charge in [-0.05, 0) is 6.26 Å². The zero-order chi connectivity index (χ0) is 11.6. The topological polar surface area (TPSA) is 119 Å². The molecule has 0 saturated carbocycles. The van der Waals surface area contributed by atoms with Crippen molar-refractivity contribution in [3.8, 4) is 0 Å². The van der Waals surface area contributed by atoms with Gasteiger partial charge in [0.15, 0.2) is 6.29 Å². The van der Waals surface area contributed by atoms with E-state index in [9.17, 15) is 19.7 Å². The van der Waals surface area contributed by atoms with Crippen LogP contribution in [0.3, 0.4) is 0 Å². The van der Waals surface area contributed by atoms with Crippen LogP contribution >= 0.6 is 19.6 Å². The molecule has 0 aliphatic carbocycles. The number of ether oxygens (including phenoxy) is 1. The highest BCUT2D eigenvalue weighted by atomic mass is 32.2. The molecule has 7 nitrogen and oxygen atoms in total. The Morgan fingerprint density at radius 2 is 2.13 bits per heavy atom. The molecule has 1 heterocycles. The summed E-state index contributed by atoms with van der Waals surface area (Å²) >= 11 is 1.36. The van der Waals surface area contributed by atoms with Gasteiger partial charge in [0, 0.05) is 5.75 Å². The van der Waals surface area contributed by atoms with Crippen LogP contribution in [-0.4, -0.2) is 51.7 Å². The third-order valence-corrected chi connectivity index (χ3v) is 3.02. The average Bonchev–Trinajstić information content (AvgIpc) is 2.32. The molecule has 9 heteroatoms. The highest BCUT2D eigenvalue weighted by molar-refractivity contribution is 7.98. The first-order chi connectivity index (χ1) is 6.85. The Bertz CT molecular complexity index is 256. The molecular weight excluding hydrogens is 247 g/mol. The largest absolute Gasteiger partial charge is 0.756 e. The molecular formula is C6H12O7PS-. The summed E-state index contributed by atoms with van der Waals surface area (Å²) in [5.74, 6) is 0.382. The van der Waals surface area contributed by atoms with Gasteiger partial charge in [-0.2, -0.15) is 11.8 Å². The van der Waals surface area contributed by atoms with Gasteiger partial charge in [-0.1, -0.05) is 0 Å². The summed E-state index contributed by atoms with van der Waals surface area (Å²) in [6, 6.07) is 0. The number of thioether (sulfide) groups is 1. The summed E-state index contributed by atoms with van der Waals surface area (Å²) in [5, 5.41) is 18.8. The second-order valence-electron chi connectivity index (χ2n) is 3.05. The second-order valence-corrected chi connectivity index (χ2v) is 5.11. The summed E-state index contributed by atoms with van der Waals surface area (Å²) in [6.45, 7) is 0. The molecule has 0 radical (unpaired) electrons. The van der Waals surface area contributed by atoms with Crippen LogP contribution < -0.4 is 4.89 Å². The fourth-order valence-electron chi connectivity index (χ4n) is 1.23. The van der Waals surface area contributed by atoms with Crippen LogP contribution in [0.2, 0.25) is 0 Å². The SMILES string of the molecule is CSC[C@H]1OC(OP(=O)([O-])O)[C@@H](O)C1O. The molecule has 0 bridgehead atoms. The van der Waals surface area contributed by atoms with E-state index < -0.39 is 32.4 Å². The lowest BCUT2D eigenvalue weighted by Gasteiger charge is -2.22. The van der Waals surface area contributed by atoms with Crippen LogP contribution in [0, 0.1) is 0 Å². The van der Waals surface area contributed by atoms with Crippen LogP contribution in [0.1, 0.15) is 0 Å². The monoisotopic (exact) mass is 259 g/mol. The van der Waals surface area contributed by atoms with Crippen LogP contribution in [0.4, 0.5) is 0 Å². The Morgan fingerprint density at radius 1 is 1.53 bits per heavy atom. The minimum Gasteiger partial charge on any atom is -0.756 e. The number of hydrogen-bond donors (Lipinski definition) is 3. The lowest BCUT2D eigenvalue weighted by atomic mass is 10.2. The number of phosphoric acid groups is 1. The highest BCUT2D eigenvalue weighted by Gasteiger charge is 2.44. The average molecular weight is 259 g/mol. The van der Waals surface area contributed by atoms with Crippen molar-refractivity contribution in [1.82, 2.24) is 0 Å². The van der Waals surface area contributed by atoms with Gasteiger partial charge in [-0.3, -0.25) is 9.09 Å². The summed E-state index contributed by atoms with van der Waals surface area (Å²) in [6.07, 6.45) is -3.22. The van der Waals surface area contributed by atoms with Crippen LogP contribution in [0.5, 0.6) is 0 Å². The predicted molar refractivity (Wildman–Crippen MR) is 50.0 cm³/mol. The minimum absolute atomic E-state index is 0.382. The molecule has 3 N–H and O–H groups in total. The van der Waals surface area contributed by atoms with E-state index in [1.165, 1.54) is 11.8 Å². The molecule has 90 valence electrons. The summed E-state index contributed by atoms with van der Waals surface area (Å²) in [7, 11) is -4.98. The first kappa shape index (κ1) is 13.4. The molecule has 5 atom stereocenters. The van der Waals surface area contributed by atoms with Gasteiger partial charge in [0.05, 0.1) is 6.10 Å². The quantitative estimate of drug-likeness (QED) is 0.510. The third kappa shape index (κ3) is 3.69. The Morgan fingerprint density at radius 3 is 2.60 bits per heavy atom. The third-order valence-electron chi connectivity index (χ3n) is 1.89. The smallest absolute Gasteiger partial charge is 0.267 e. The normalized spacial score (nSPS) is 40.3. The second kappa shape index (κ2) is 5.11. The number of phosphoric ester groups is 1. The molecule has 0 spiro atoms. The Hall–Kier alpha value is 0.340. The maximum atomic E-state index is 10.4. The number of aliphatic hydroxyl groups is 2. The Balaban J connectivity index is 2.59. The van der Waals surface area contributed by atoms with Gasteiger partial charge >= 0.3 is 0 Å². The summed E-state index contributed by atoms with van der Waals surface area (Å²) in [4.78, 5) is 18.8. The summed E-state index contributed by atoms with van der Waals surface area (Å²) < 4.78 is 19.4. The molecule has 3 unspecified atom stereocenters.